The van der Waals surface area contributed by atoms with Gasteiger partial charge in [0.15, 0.2) is 0 Å². The molecular weight excluding hydrogens is 336 g/mol. The van der Waals surface area contributed by atoms with Crippen LogP contribution in [0.2, 0.25) is 0 Å². The highest BCUT2D eigenvalue weighted by atomic mass is 79.9. The Bertz CT molecular complexity index is 560. The van der Waals surface area contributed by atoms with Crippen molar-refractivity contribution in [2.24, 2.45) is 5.14 Å². The van der Waals surface area contributed by atoms with E-state index in [1.807, 2.05) is 0 Å². The first kappa shape index (κ1) is 15.9. The number of nitrogens with one attached hydrogen (secondary N) is 1. The summed E-state index contributed by atoms with van der Waals surface area (Å²) in [5.74, 6) is 0.455. The number of nitrogens with two attached hydrogens (primary N) is 1. The molecule has 1 amide bonds. The van der Waals surface area contributed by atoms with Crippen molar-refractivity contribution in [3.8, 4) is 5.75 Å². The Hall–Kier alpha value is -1.12. The minimum Gasteiger partial charge on any atom is -0.492 e. The molecule has 0 atom stereocenters. The third-order valence-electron chi connectivity index (χ3n) is 2.32. The van der Waals surface area contributed by atoms with E-state index in [4.69, 9.17) is 9.88 Å². The summed E-state index contributed by atoms with van der Waals surface area (Å²) < 4.78 is 28.2. The maximum Gasteiger partial charge on any atom is 0.238 e. The fourth-order valence-electron chi connectivity index (χ4n) is 1.32. The number of sulfonamides is 1. The van der Waals surface area contributed by atoms with Gasteiger partial charge in [0.25, 0.3) is 0 Å². The van der Waals surface area contributed by atoms with Gasteiger partial charge in [0.1, 0.15) is 5.75 Å². The van der Waals surface area contributed by atoms with E-state index in [-0.39, 0.29) is 10.8 Å². The SMILES string of the molecule is CNC(=O)CCCOc1ccc(S(N)(=O)=O)cc1Br. The van der Waals surface area contributed by atoms with Crippen molar-refractivity contribution in [1.29, 1.82) is 0 Å². The van der Waals surface area contributed by atoms with Gasteiger partial charge >= 0.3 is 0 Å². The topological polar surface area (TPSA) is 98.5 Å². The van der Waals surface area contributed by atoms with E-state index in [2.05, 4.69) is 21.2 Å². The zero-order valence-corrected chi connectivity index (χ0v) is 12.8. The van der Waals surface area contributed by atoms with E-state index in [0.717, 1.165) is 0 Å². The molecule has 6 nitrogen and oxygen atoms in total. The molecule has 0 aliphatic rings. The van der Waals surface area contributed by atoms with Crippen LogP contribution in [0.5, 0.6) is 5.75 Å². The molecule has 0 saturated heterocycles. The van der Waals surface area contributed by atoms with E-state index in [1.165, 1.54) is 18.2 Å². The van der Waals surface area contributed by atoms with Gasteiger partial charge in [0.05, 0.1) is 16.0 Å². The summed E-state index contributed by atoms with van der Waals surface area (Å²) in [6, 6.07) is 4.27. The molecule has 0 heterocycles. The minimum absolute atomic E-state index is 0.0112. The van der Waals surface area contributed by atoms with Gasteiger partial charge in [-0.1, -0.05) is 0 Å². The fraction of sp³-hybridized carbons (Fsp3) is 0.364. The summed E-state index contributed by atoms with van der Waals surface area (Å²) in [6.45, 7) is 0.362. The van der Waals surface area contributed by atoms with Gasteiger partial charge in [-0.25, -0.2) is 13.6 Å². The van der Waals surface area contributed by atoms with Gasteiger partial charge in [-0.05, 0) is 40.5 Å². The van der Waals surface area contributed by atoms with Crippen LogP contribution in [-0.2, 0) is 14.8 Å². The minimum atomic E-state index is -3.72. The van der Waals surface area contributed by atoms with Crippen LogP contribution in [-0.4, -0.2) is 28.0 Å². The lowest BCUT2D eigenvalue weighted by molar-refractivity contribution is -0.120. The summed E-state index contributed by atoms with van der Waals surface area (Å²) in [5.41, 5.74) is 0. The molecule has 8 heteroatoms. The number of halogens is 1. The Labute approximate surface area is 120 Å². The van der Waals surface area contributed by atoms with Crippen LogP contribution in [0.15, 0.2) is 27.6 Å². The molecule has 0 aliphatic heterocycles. The van der Waals surface area contributed by atoms with Crippen LogP contribution < -0.4 is 15.2 Å². The lowest BCUT2D eigenvalue weighted by Gasteiger charge is -2.09. The lowest BCUT2D eigenvalue weighted by atomic mass is 10.3. The summed E-state index contributed by atoms with van der Waals surface area (Å²) in [7, 11) is -2.15. The second-order valence-electron chi connectivity index (χ2n) is 3.76. The number of ether oxygens (including phenoxy) is 1. The molecule has 0 radical (unpaired) electrons. The first-order chi connectivity index (χ1) is 8.84. The zero-order valence-electron chi connectivity index (χ0n) is 10.3. The van der Waals surface area contributed by atoms with Crippen molar-refractivity contribution in [3.63, 3.8) is 0 Å². The smallest absolute Gasteiger partial charge is 0.238 e. The van der Waals surface area contributed by atoms with E-state index in [0.29, 0.717) is 29.7 Å². The van der Waals surface area contributed by atoms with Crippen LogP contribution in [0, 0.1) is 0 Å². The van der Waals surface area contributed by atoms with Crippen LogP contribution in [0.3, 0.4) is 0 Å². The first-order valence-corrected chi connectivity index (χ1v) is 7.84. The van der Waals surface area contributed by atoms with Crippen molar-refractivity contribution >= 4 is 31.9 Å². The number of hydrogen-bond donors (Lipinski definition) is 2. The first-order valence-electron chi connectivity index (χ1n) is 5.50. The highest BCUT2D eigenvalue weighted by Gasteiger charge is 2.11. The largest absolute Gasteiger partial charge is 0.492 e. The lowest BCUT2D eigenvalue weighted by Crippen LogP contribution is -2.18. The Morgan fingerprint density at radius 3 is 2.68 bits per heavy atom. The number of carbonyl (C=O) groups is 1. The molecule has 0 aliphatic carbocycles. The fourth-order valence-corrected chi connectivity index (χ4v) is 2.50. The van der Waals surface area contributed by atoms with Crippen molar-refractivity contribution in [1.82, 2.24) is 5.32 Å². The second-order valence-corrected chi connectivity index (χ2v) is 6.18. The summed E-state index contributed by atoms with van der Waals surface area (Å²) in [4.78, 5) is 11.0. The molecule has 0 fully saturated rings. The van der Waals surface area contributed by atoms with Gasteiger partial charge < -0.3 is 10.1 Å². The number of primary sulfonamides is 1. The zero-order chi connectivity index (χ0) is 14.5. The Morgan fingerprint density at radius 1 is 1.47 bits per heavy atom. The molecule has 1 rings (SSSR count). The van der Waals surface area contributed by atoms with E-state index >= 15 is 0 Å². The maximum absolute atomic E-state index is 11.1. The average Bonchev–Trinajstić information content (AvgIpc) is 2.34. The summed E-state index contributed by atoms with van der Waals surface area (Å²) >= 11 is 3.21. The van der Waals surface area contributed by atoms with Crippen LogP contribution >= 0.6 is 15.9 Å². The number of carbonyl (C=O) groups excluding carboxylic acids is 1. The molecule has 1 aromatic carbocycles. The van der Waals surface area contributed by atoms with Crippen molar-refractivity contribution in [3.05, 3.63) is 22.7 Å². The standard InChI is InChI=1S/C11H15BrN2O4S/c1-14-11(15)3-2-6-18-10-5-4-8(7-9(10)12)19(13,16)17/h4-5,7H,2-3,6H2,1H3,(H,14,15)(H2,13,16,17). The second kappa shape index (κ2) is 6.88. The predicted octanol–water partition coefficient (Wildman–Crippen LogP) is 1.00. The summed E-state index contributed by atoms with van der Waals surface area (Å²) in [6.07, 6.45) is 0.951. The monoisotopic (exact) mass is 350 g/mol. The van der Waals surface area contributed by atoms with Crippen LogP contribution in [0.1, 0.15) is 12.8 Å². The Balaban J connectivity index is 2.59. The van der Waals surface area contributed by atoms with Gasteiger partial charge in [-0.3, -0.25) is 4.79 Å². The van der Waals surface area contributed by atoms with Gasteiger partial charge in [0, 0.05) is 13.5 Å². The molecule has 1 aromatic rings. The van der Waals surface area contributed by atoms with Crippen LogP contribution in [0.4, 0.5) is 0 Å². The number of rotatable bonds is 6. The maximum atomic E-state index is 11.1. The number of benzene rings is 1. The van der Waals surface area contributed by atoms with E-state index in [1.54, 1.807) is 7.05 Å². The quantitative estimate of drug-likeness (QED) is 0.747. The highest BCUT2D eigenvalue weighted by molar-refractivity contribution is 9.10. The number of hydrogen-bond acceptors (Lipinski definition) is 4. The van der Waals surface area contributed by atoms with Crippen molar-refractivity contribution < 1.29 is 17.9 Å². The molecule has 0 bridgehead atoms. The number of amides is 1. The molecule has 3 N–H and O–H groups in total. The average molecular weight is 351 g/mol. The van der Waals surface area contributed by atoms with Gasteiger partial charge in [-0.15, -0.1) is 0 Å². The summed E-state index contributed by atoms with van der Waals surface area (Å²) in [5, 5.41) is 7.53. The third kappa shape index (κ3) is 5.17. The molecule has 0 saturated carbocycles. The van der Waals surface area contributed by atoms with E-state index < -0.39 is 10.0 Å². The van der Waals surface area contributed by atoms with Crippen molar-refractivity contribution in [2.75, 3.05) is 13.7 Å². The highest BCUT2D eigenvalue weighted by Crippen LogP contribution is 2.27. The molecule has 0 unspecified atom stereocenters. The molecule has 106 valence electrons. The van der Waals surface area contributed by atoms with Crippen molar-refractivity contribution in [2.45, 2.75) is 17.7 Å². The molecular formula is C11H15BrN2O4S. The van der Waals surface area contributed by atoms with Gasteiger partial charge in [0.2, 0.25) is 15.9 Å². The molecule has 0 aromatic heterocycles. The Kier molecular flexibility index (Phi) is 5.77. The Morgan fingerprint density at radius 2 is 2.16 bits per heavy atom. The molecule has 0 spiro atoms. The van der Waals surface area contributed by atoms with Gasteiger partial charge in [-0.2, -0.15) is 0 Å². The van der Waals surface area contributed by atoms with E-state index in [9.17, 15) is 13.2 Å². The molecule has 19 heavy (non-hydrogen) atoms. The predicted molar refractivity (Wildman–Crippen MR) is 74.3 cm³/mol. The normalized spacial score (nSPS) is 11.1. The third-order valence-corrected chi connectivity index (χ3v) is 3.85. The van der Waals surface area contributed by atoms with Crippen LogP contribution in [0.25, 0.3) is 0 Å².